The van der Waals surface area contributed by atoms with Gasteiger partial charge in [-0.1, -0.05) is 63.4 Å². The normalized spacial score (nSPS) is 13.2. The van der Waals surface area contributed by atoms with Gasteiger partial charge in [-0.25, -0.2) is 4.39 Å². The fourth-order valence-electron chi connectivity index (χ4n) is 2.32. The second-order valence-corrected chi connectivity index (χ2v) is 6.43. The molecule has 0 fully saturated rings. The quantitative estimate of drug-likeness (QED) is 0.592. The van der Waals surface area contributed by atoms with Crippen LogP contribution < -0.4 is 5.32 Å². The molecule has 0 saturated carbocycles. The molecule has 1 nitrogen and oxygen atoms in total. The van der Waals surface area contributed by atoms with Crippen molar-refractivity contribution in [1.29, 1.82) is 0 Å². The van der Waals surface area contributed by atoms with E-state index in [0.717, 1.165) is 22.4 Å². The second-order valence-electron chi connectivity index (χ2n) is 6.43. The van der Waals surface area contributed by atoms with Gasteiger partial charge in [0, 0.05) is 17.7 Å². The van der Waals surface area contributed by atoms with Crippen LogP contribution in [0.1, 0.15) is 33.3 Å². The molecule has 0 aliphatic carbocycles. The summed E-state index contributed by atoms with van der Waals surface area (Å²) in [4.78, 5) is 0. The Bertz CT molecular complexity index is 658. The van der Waals surface area contributed by atoms with Crippen LogP contribution in [0.5, 0.6) is 0 Å². The van der Waals surface area contributed by atoms with Crippen molar-refractivity contribution >= 4 is 0 Å². The Morgan fingerprint density at radius 3 is 2.38 bits per heavy atom. The summed E-state index contributed by atoms with van der Waals surface area (Å²) in [5.41, 5.74) is 4.11. The summed E-state index contributed by atoms with van der Waals surface area (Å²) < 4.78 is 13.1. The molecule has 1 aromatic carbocycles. The van der Waals surface area contributed by atoms with E-state index in [1.807, 2.05) is 37.3 Å². The highest BCUT2D eigenvalue weighted by molar-refractivity contribution is 5.41. The summed E-state index contributed by atoms with van der Waals surface area (Å²) in [6.07, 6.45) is 9.83. The third-order valence-electron chi connectivity index (χ3n) is 3.98. The van der Waals surface area contributed by atoms with Gasteiger partial charge in [0.15, 0.2) is 0 Å². The van der Waals surface area contributed by atoms with Gasteiger partial charge in [-0.3, -0.25) is 0 Å². The largest absolute Gasteiger partial charge is 0.385 e. The monoisotopic (exact) mass is 325 g/mol. The van der Waals surface area contributed by atoms with Gasteiger partial charge < -0.3 is 5.32 Å². The van der Waals surface area contributed by atoms with Gasteiger partial charge in [-0.05, 0) is 48.8 Å². The molecule has 0 spiro atoms. The summed E-state index contributed by atoms with van der Waals surface area (Å²) >= 11 is 0. The minimum atomic E-state index is -0.211. The molecule has 0 aromatic heterocycles. The number of allylic oxidation sites excluding steroid dienone is 7. The average molecular weight is 325 g/mol. The van der Waals surface area contributed by atoms with Gasteiger partial charge in [0.05, 0.1) is 0 Å². The van der Waals surface area contributed by atoms with E-state index < -0.39 is 0 Å². The van der Waals surface area contributed by atoms with Crippen LogP contribution in [0.25, 0.3) is 0 Å². The Morgan fingerprint density at radius 2 is 1.83 bits per heavy atom. The lowest BCUT2D eigenvalue weighted by molar-refractivity contribution is 0.497. The van der Waals surface area contributed by atoms with Crippen molar-refractivity contribution in [3.63, 3.8) is 0 Å². The highest BCUT2D eigenvalue weighted by Crippen LogP contribution is 2.23. The Hall–Kier alpha value is -2.35. The van der Waals surface area contributed by atoms with Crippen LogP contribution in [-0.4, -0.2) is 6.54 Å². The molecule has 0 radical (unpaired) electrons. The molecule has 0 atom stereocenters. The number of nitrogens with one attached hydrogen (secondary N) is 1. The van der Waals surface area contributed by atoms with Crippen molar-refractivity contribution < 1.29 is 4.39 Å². The van der Waals surface area contributed by atoms with Gasteiger partial charge in [0.2, 0.25) is 0 Å². The van der Waals surface area contributed by atoms with Crippen LogP contribution in [0.2, 0.25) is 0 Å². The Balaban J connectivity index is 2.68. The molecule has 1 N–H and O–H groups in total. The van der Waals surface area contributed by atoms with E-state index in [9.17, 15) is 4.39 Å². The highest BCUT2D eigenvalue weighted by atomic mass is 19.1. The molecule has 2 heteroatoms. The van der Waals surface area contributed by atoms with E-state index in [0.29, 0.717) is 6.54 Å². The molecule has 1 rings (SSSR count). The Labute approximate surface area is 146 Å². The zero-order valence-electron chi connectivity index (χ0n) is 15.2. The molecule has 0 bridgehead atoms. The van der Waals surface area contributed by atoms with Gasteiger partial charge in [-0.2, -0.15) is 0 Å². The molecule has 24 heavy (non-hydrogen) atoms. The number of hydrogen-bond acceptors (Lipinski definition) is 1. The van der Waals surface area contributed by atoms with Crippen LogP contribution in [0.15, 0.2) is 84.6 Å². The van der Waals surface area contributed by atoms with Crippen molar-refractivity contribution in [2.45, 2.75) is 33.1 Å². The SMILES string of the molecule is C=C/C=C(C)/C(/C=C\C(=C)NCC(C)(C)c1ccc(F)cc1)=C/C. The number of rotatable bonds is 8. The Kier molecular flexibility index (Phi) is 7.44. The molecule has 0 saturated heterocycles. The van der Waals surface area contributed by atoms with Gasteiger partial charge in [-0.15, -0.1) is 0 Å². The van der Waals surface area contributed by atoms with Crippen LogP contribution in [0.3, 0.4) is 0 Å². The lowest BCUT2D eigenvalue weighted by Gasteiger charge is -2.26. The molecule has 0 amide bonds. The zero-order chi connectivity index (χ0) is 18.2. The first kappa shape index (κ1) is 19.7. The number of benzene rings is 1. The van der Waals surface area contributed by atoms with Crippen LogP contribution >= 0.6 is 0 Å². The van der Waals surface area contributed by atoms with E-state index in [-0.39, 0.29) is 11.2 Å². The fraction of sp³-hybridized carbons (Fsp3) is 0.273. The summed E-state index contributed by atoms with van der Waals surface area (Å²) in [6, 6.07) is 6.66. The number of hydrogen-bond donors (Lipinski definition) is 1. The maximum absolute atomic E-state index is 13.1. The molecule has 0 aliphatic rings. The first-order valence-corrected chi connectivity index (χ1v) is 8.13. The molecule has 0 unspecified atom stereocenters. The van der Waals surface area contributed by atoms with Crippen LogP contribution in [0.4, 0.5) is 4.39 Å². The molecule has 1 aromatic rings. The first-order valence-electron chi connectivity index (χ1n) is 8.13. The predicted molar refractivity (Wildman–Crippen MR) is 103 cm³/mol. The van der Waals surface area contributed by atoms with E-state index in [1.54, 1.807) is 6.08 Å². The smallest absolute Gasteiger partial charge is 0.123 e. The third-order valence-corrected chi connectivity index (χ3v) is 3.98. The standard InChI is InChI=1S/C22H28FN/c1-7-9-17(3)19(8-2)11-10-18(4)24-16-22(5,6)20-12-14-21(23)15-13-20/h7-15,24H,1,4,16H2,2-3,5-6H3/b11-10-,17-9+,19-8+. The number of halogens is 1. The van der Waals surface area contributed by atoms with Crippen molar-refractivity contribution in [2.24, 2.45) is 0 Å². The second kappa shape index (κ2) is 9.07. The van der Waals surface area contributed by atoms with Crippen molar-refractivity contribution in [1.82, 2.24) is 5.32 Å². The summed E-state index contributed by atoms with van der Waals surface area (Å²) in [7, 11) is 0. The van der Waals surface area contributed by atoms with Crippen LogP contribution in [-0.2, 0) is 5.41 Å². The summed E-state index contributed by atoms with van der Waals surface area (Å²) in [5.74, 6) is -0.211. The topological polar surface area (TPSA) is 12.0 Å². The minimum absolute atomic E-state index is 0.118. The van der Waals surface area contributed by atoms with E-state index >= 15 is 0 Å². The van der Waals surface area contributed by atoms with Crippen molar-refractivity contribution in [2.75, 3.05) is 6.54 Å². The zero-order valence-corrected chi connectivity index (χ0v) is 15.2. The maximum Gasteiger partial charge on any atom is 0.123 e. The lowest BCUT2D eigenvalue weighted by Crippen LogP contribution is -2.32. The molecule has 128 valence electrons. The van der Waals surface area contributed by atoms with E-state index in [2.05, 4.69) is 45.3 Å². The first-order chi connectivity index (χ1) is 11.3. The average Bonchev–Trinajstić information content (AvgIpc) is 2.54. The molecular formula is C22H28FN. The summed E-state index contributed by atoms with van der Waals surface area (Å²) in [5, 5.41) is 3.34. The molecule has 0 aliphatic heterocycles. The highest BCUT2D eigenvalue weighted by Gasteiger charge is 2.20. The van der Waals surface area contributed by atoms with Crippen molar-refractivity contribution in [3.05, 3.63) is 96.0 Å². The minimum Gasteiger partial charge on any atom is -0.385 e. The van der Waals surface area contributed by atoms with E-state index in [4.69, 9.17) is 0 Å². The fourth-order valence-corrected chi connectivity index (χ4v) is 2.32. The van der Waals surface area contributed by atoms with Gasteiger partial charge >= 0.3 is 0 Å². The Morgan fingerprint density at radius 1 is 1.21 bits per heavy atom. The maximum atomic E-state index is 13.1. The summed E-state index contributed by atoms with van der Waals surface area (Å²) in [6.45, 7) is 16.8. The molecular weight excluding hydrogens is 297 g/mol. The van der Waals surface area contributed by atoms with Crippen molar-refractivity contribution in [3.8, 4) is 0 Å². The predicted octanol–water partition coefficient (Wildman–Crippen LogP) is 5.84. The lowest BCUT2D eigenvalue weighted by atomic mass is 9.84. The third kappa shape index (κ3) is 6.04. The van der Waals surface area contributed by atoms with Gasteiger partial charge in [0.1, 0.15) is 5.82 Å². The molecule has 0 heterocycles. The van der Waals surface area contributed by atoms with E-state index in [1.165, 1.54) is 12.1 Å². The van der Waals surface area contributed by atoms with Gasteiger partial charge in [0.25, 0.3) is 0 Å². The van der Waals surface area contributed by atoms with Crippen LogP contribution in [0, 0.1) is 5.82 Å².